The largest absolute Gasteiger partial charge is 0.493 e. The summed E-state index contributed by atoms with van der Waals surface area (Å²) in [6.07, 6.45) is 2.01. The molecule has 148 valence electrons. The molecule has 0 aliphatic carbocycles. The summed E-state index contributed by atoms with van der Waals surface area (Å²) in [6.45, 7) is 2.90. The Bertz CT molecular complexity index is 688. The third-order valence-electron chi connectivity index (χ3n) is 5.61. The second-order valence-electron chi connectivity index (χ2n) is 7.28. The molecule has 2 aliphatic rings. The zero-order chi connectivity index (χ0) is 19.4. The van der Waals surface area contributed by atoms with E-state index in [1.54, 1.807) is 19.1 Å². The first-order chi connectivity index (χ1) is 13.0. The Morgan fingerprint density at radius 2 is 2.07 bits per heavy atom. The topological polar surface area (TPSA) is 71.1 Å². The molecule has 7 heteroatoms. The van der Waals surface area contributed by atoms with Crippen molar-refractivity contribution in [3.63, 3.8) is 0 Å². The third kappa shape index (κ3) is 4.35. The number of methoxy groups -OCH3 is 2. The van der Waals surface area contributed by atoms with E-state index < -0.39 is 0 Å². The molecule has 0 saturated carbocycles. The van der Waals surface area contributed by atoms with E-state index in [0.717, 1.165) is 31.5 Å². The van der Waals surface area contributed by atoms with E-state index in [0.29, 0.717) is 31.0 Å². The van der Waals surface area contributed by atoms with Gasteiger partial charge in [0.2, 0.25) is 11.8 Å². The van der Waals surface area contributed by atoms with Crippen LogP contribution in [0.5, 0.6) is 11.5 Å². The quantitative estimate of drug-likeness (QED) is 0.767. The van der Waals surface area contributed by atoms with Gasteiger partial charge in [0.25, 0.3) is 0 Å². The van der Waals surface area contributed by atoms with Gasteiger partial charge in [0, 0.05) is 39.1 Å². The molecule has 2 aliphatic heterocycles. The zero-order valence-electron chi connectivity index (χ0n) is 16.4. The van der Waals surface area contributed by atoms with Crippen LogP contribution in [-0.4, -0.2) is 75.1 Å². The lowest BCUT2D eigenvalue weighted by Gasteiger charge is -2.26. The molecule has 2 amide bonds. The Balaban J connectivity index is 1.55. The van der Waals surface area contributed by atoms with Crippen molar-refractivity contribution >= 4 is 11.8 Å². The molecule has 3 rings (SSSR count). The van der Waals surface area contributed by atoms with Gasteiger partial charge in [-0.15, -0.1) is 0 Å². The number of hydrogen-bond donors (Lipinski definition) is 1. The summed E-state index contributed by atoms with van der Waals surface area (Å²) < 4.78 is 10.6. The van der Waals surface area contributed by atoms with Gasteiger partial charge in [-0.1, -0.05) is 6.07 Å². The number of amides is 2. The Hall–Kier alpha value is -2.28. The second kappa shape index (κ2) is 8.61. The van der Waals surface area contributed by atoms with Crippen LogP contribution in [0.4, 0.5) is 0 Å². The molecule has 0 bridgehead atoms. The number of hydrogen-bond acceptors (Lipinski definition) is 5. The molecule has 7 nitrogen and oxygen atoms in total. The second-order valence-corrected chi connectivity index (χ2v) is 7.28. The number of ether oxygens (including phenoxy) is 2. The normalized spacial score (nSPS) is 22.2. The average molecular weight is 375 g/mol. The molecule has 2 saturated heterocycles. The van der Waals surface area contributed by atoms with Crippen LogP contribution in [0.3, 0.4) is 0 Å². The molecule has 2 fully saturated rings. The Morgan fingerprint density at radius 1 is 1.30 bits per heavy atom. The van der Waals surface area contributed by atoms with Gasteiger partial charge in [0.05, 0.1) is 20.1 Å². The summed E-state index contributed by atoms with van der Waals surface area (Å²) in [4.78, 5) is 28.8. The molecule has 2 atom stereocenters. The zero-order valence-corrected chi connectivity index (χ0v) is 16.4. The smallest absolute Gasteiger partial charge is 0.228 e. The Kier molecular flexibility index (Phi) is 6.21. The van der Waals surface area contributed by atoms with Gasteiger partial charge in [-0.25, -0.2) is 0 Å². The number of likely N-dealkylation sites (N-methyl/N-ethyl adjacent to an activating group) is 1. The van der Waals surface area contributed by atoms with Gasteiger partial charge < -0.3 is 24.6 Å². The highest BCUT2D eigenvalue weighted by molar-refractivity contribution is 5.89. The van der Waals surface area contributed by atoms with Crippen molar-refractivity contribution in [3.8, 4) is 11.5 Å². The standard InChI is InChI=1S/C20H29N3O4/c1-22(16-6-8-21-12-16)20(25)15-11-19(24)23(13-15)9-7-14-4-5-17(26-2)18(10-14)27-3/h4-5,10,15-16,21H,6-9,11-13H2,1-3H3. The molecule has 1 aromatic carbocycles. The monoisotopic (exact) mass is 375 g/mol. The number of benzene rings is 1. The van der Waals surface area contributed by atoms with Crippen LogP contribution in [0.15, 0.2) is 18.2 Å². The van der Waals surface area contributed by atoms with Crippen LogP contribution >= 0.6 is 0 Å². The summed E-state index contributed by atoms with van der Waals surface area (Å²) in [5.74, 6) is 1.29. The molecule has 1 aromatic rings. The first-order valence-electron chi connectivity index (χ1n) is 9.49. The minimum atomic E-state index is -0.228. The Morgan fingerprint density at radius 3 is 2.74 bits per heavy atom. The summed E-state index contributed by atoms with van der Waals surface area (Å²) in [5, 5.41) is 3.28. The maximum Gasteiger partial charge on any atom is 0.228 e. The van der Waals surface area contributed by atoms with Gasteiger partial charge in [0.1, 0.15) is 0 Å². The molecular weight excluding hydrogens is 346 g/mol. The minimum Gasteiger partial charge on any atom is -0.493 e. The van der Waals surface area contributed by atoms with Gasteiger partial charge in [-0.3, -0.25) is 9.59 Å². The maximum absolute atomic E-state index is 12.7. The van der Waals surface area contributed by atoms with E-state index in [9.17, 15) is 9.59 Å². The van der Waals surface area contributed by atoms with E-state index in [-0.39, 0.29) is 23.8 Å². The Labute approximate surface area is 160 Å². The summed E-state index contributed by atoms with van der Waals surface area (Å²) in [6, 6.07) is 6.03. The van der Waals surface area contributed by atoms with Crippen LogP contribution in [-0.2, 0) is 16.0 Å². The van der Waals surface area contributed by atoms with Crippen molar-refractivity contribution in [1.82, 2.24) is 15.1 Å². The lowest BCUT2D eigenvalue weighted by atomic mass is 10.1. The van der Waals surface area contributed by atoms with E-state index >= 15 is 0 Å². The van der Waals surface area contributed by atoms with E-state index in [1.165, 1.54) is 0 Å². The van der Waals surface area contributed by atoms with Crippen LogP contribution in [0, 0.1) is 5.92 Å². The van der Waals surface area contributed by atoms with Crippen LogP contribution < -0.4 is 14.8 Å². The fourth-order valence-corrected chi connectivity index (χ4v) is 3.89. The van der Waals surface area contributed by atoms with Crippen molar-refractivity contribution in [2.75, 3.05) is 47.4 Å². The summed E-state index contributed by atoms with van der Waals surface area (Å²) in [7, 11) is 5.07. The van der Waals surface area contributed by atoms with Crippen molar-refractivity contribution in [1.29, 1.82) is 0 Å². The maximum atomic E-state index is 12.7. The molecular formula is C20H29N3O4. The highest BCUT2D eigenvalue weighted by Crippen LogP contribution is 2.28. The lowest BCUT2D eigenvalue weighted by Crippen LogP contribution is -2.42. The van der Waals surface area contributed by atoms with Gasteiger partial charge >= 0.3 is 0 Å². The molecule has 0 spiro atoms. The highest BCUT2D eigenvalue weighted by Gasteiger charge is 2.37. The predicted molar refractivity (Wildman–Crippen MR) is 102 cm³/mol. The number of carbonyl (C=O) groups is 2. The highest BCUT2D eigenvalue weighted by atomic mass is 16.5. The van der Waals surface area contributed by atoms with Crippen LogP contribution in [0.25, 0.3) is 0 Å². The lowest BCUT2D eigenvalue weighted by molar-refractivity contribution is -0.136. The number of likely N-dealkylation sites (tertiary alicyclic amines) is 1. The molecule has 27 heavy (non-hydrogen) atoms. The number of rotatable bonds is 7. The van der Waals surface area contributed by atoms with Crippen LogP contribution in [0.1, 0.15) is 18.4 Å². The van der Waals surface area contributed by atoms with Gasteiger partial charge in [-0.2, -0.15) is 0 Å². The summed E-state index contributed by atoms with van der Waals surface area (Å²) in [5.41, 5.74) is 1.07. The number of nitrogens with one attached hydrogen (secondary N) is 1. The van der Waals surface area contributed by atoms with E-state index in [4.69, 9.17) is 9.47 Å². The molecule has 2 heterocycles. The number of nitrogens with zero attached hydrogens (tertiary/aromatic N) is 2. The fourth-order valence-electron chi connectivity index (χ4n) is 3.89. The van der Waals surface area contributed by atoms with Crippen molar-refractivity contribution in [2.24, 2.45) is 5.92 Å². The average Bonchev–Trinajstić information content (AvgIpc) is 3.35. The minimum absolute atomic E-state index is 0.0618. The predicted octanol–water partition coefficient (Wildman–Crippen LogP) is 0.915. The summed E-state index contributed by atoms with van der Waals surface area (Å²) >= 11 is 0. The third-order valence-corrected chi connectivity index (χ3v) is 5.61. The van der Waals surface area contributed by atoms with E-state index in [1.807, 2.05) is 30.1 Å². The number of carbonyl (C=O) groups excluding carboxylic acids is 2. The molecule has 0 aromatic heterocycles. The molecule has 2 unspecified atom stereocenters. The van der Waals surface area contributed by atoms with Crippen molar-refractivity contribution < 1.29 is 19.1 Å². The van der Waals surface area contributed by atoms with Gasteiger partial charge in [-0.05, 0) is 37.1 Å². The van der Waals surface area contributed by atoms with Gasteiger partial charge in [0.15, 0.2) is 11.5 Å². The molecule has 1 N–H and O–H groups in total. The van der Waals surface area contributed by atoms with Crippen molar-refractivity contribution in [2.45, 2.75) is 25.3 Å². The van der Waals surface area contributed by atoms with Crippen LogP contribution in [0.2, 0.25) is 0 Å². The van der Waals surface area contributed by atoms with Crippen molar-refractivity contribution in [3.05, 3.63) is 23.8 Å². The fraction of sp³-hybridized carbons (Fsp3) is 0.600. The molecule has 0 radical (unpaired) electrons. The first-order valence-corrected chi connectivity index (χ1v) is 9.49. The SMILES string of the molecule is COc1ccc(CCN2CC(C(=O)N(C)C3CCNC3)CC2=O)cc1OC. The van der Waals surface area contributed by atoms with E-state index in [2.05, 4.69) is 5.32 Å². The first kappa shape index (κ1) is 19.5.